The van der Waals surface area contributed by atoms with Gasteiger partial charge in [0.1, 0.15) is 11.8 Å². The van der Waals surface area contributed by atoms with Gasteiger partial charge in [-0.15, -0.1) is 12.4 Å². The van der Waals surface area contributed by atoms with Gasteiger partial charge in [-0.2, -0.15) is 0 Å². The zero-order valence-corrected chi connectivity index (χ0v) is 12.7. The molecule has 1 N–H and O–H groups in total. The number of rotatable bonds is 3. The number of alkyl halides is 1. The molecule has 1 saturated heterocycles. The molecule has 0 aromatic heterocycles. The predicted molar refractivity (Wildman–Crippen MR) is 79.1 cm³/mol. The van der Waals surface area contributed by atoms with Gasteiger partial charge in [0, 0.05) is 17.6 Å². The molecule has 0 bridgehead atoms. The molecule has 1 aliphatic heterocycles. The third-order valence-corrected chi connectivity index (χ3v) is 3.50. The van der Waals surface area contributed by atoms with Gasteiger partial charge >= 0.3 is 0 Å². The Morgan fingerprint density at radius 1 is 1.37 bits per heavy atom. The lowest BCUT2D eigenvalue weighted by Gasteiger charge is -2.35. The highest BCUT2D eigenvalue weighted by atomic mass is 35.5. The minimum absolute atomic E-state index is 0. The van der Waals surface area contributed by atoms with Gasteiger partial charge in [0.2, 0.25) is 0 Å². The van der Waals surface area contributed by atoms with Crippen LogP contribution in [0.1, 0.15) is 19.4 Å². The molecule has 2 rings (SSSR count). The number of ether oxygens (including phenoxy) is 1. The highest BCUT2D eigenvalue weighted by molar-refractivity contribution is 6.30. The first-order chi connectivity index (χ1) is 8.45. The molecule has 1 fully saturated rings. The summed E-state index contributed by atoms with van der Waals surface area (Å²) in [5.41, 5.74) is -0.0865. The Hall–Kier alpha value is -0.350. The SMILES string of the molecule is CC(C)(F)[C@H]1CN[C@@H](Cc2ccc(Cl)cc2)CO1.Cl. The van der Waals surface area contributed by atoms with Crippen LogP contribution in [0.25, 0.3) is 0 Å². The second kappa shape index (κ2) is 6.89. The Morgan fingerprint density at radius 3 is 2.47 bits per heavy atom. The van der Waals surface area contributed by atoms with Crippen LogP contribution in [0.3, 0.4) is 0 Å². The van der Waals surface area contributed by atoms with E-state index < -0.39 is 5.67 Å². The maximum atomic E-state index is 13.7. The Bertz CT molecular complexity index is 383. The van der Waals surface area contributed by atoms with E-state index in [1.54, 1.807) is 13.8 Å². The van der Waals surface area contributed by atoms with Crippen molar-refractivity contribution >= 4 is 24.0 Å². The third kappa shape index (κ3) is 4.92. The molecule has 0 unspecified atom stereocenters. The maximum Gasteiger partial charge on any atom is 0.132 e. The van der Waals surface area contributed by atoms with E-state index in [4.69, 9.17) is 16.3 Å². The summed E-state index contributed by atoms with van der Waals surface area (Å²) in [7, 11) is 0. The maximum absolute atomic E-state index is 13.7. The molecule has 2 nitrogen and oxygen atoms in total. The predicted octanol–water partition coefficient (Wildman–Crippen LogP) is 3.41. The number of morpholine rings is 1. The van der Waals surface area contributed by atoms with E-state index in [1.807, 2.05) is 24.3 Å². The van der Waals surface area contributed by atoms with Gasteiger partial charge in [-0.05, 0) is 38.0 Å². The van der Waals surface area contributed by atoms with Crippen LogP contribution in [0.5, 0.6) is 0 Å². The molecule has 1 aromatic carbocycles. The van der Waals surface area contributed by atoms with Gasteiger partial charge in [0.25, 0.3) is 0 Å². The summed E-state index contributed by atoms with van der Waals surface area (Å²) in [6.07, 6.45) is 0.510. The zero-order valence-electron chi connectivity index (χ0n) is 11.2. The Balaban J connectivity index is 0.00000180. The van der Waals surface area contributed by atoms with Crippen LogP contribution < -0.4 is 5.32 Å². The first-order valence-electron chi connectivity index (χ1n) is 6.23. The highest BCUT2D eigenvalue weighted by Crippen LogP contribution is 2.21. The van der Waals surface area contributed by atoms with E-state index >= 15 is 0 Å². The summed E-state index contributed by atoms with van der Waals surface area (Å²) in [5, 5.41) is 4.08. The first kappa shape index (κ1) is 16.7. The lowest BCUT2D eigenvalue weighted by Crippen LogP contribution is -2.53. The number of nitrogens with one attached hydrogen (secondary N) is 1. The molecule has 19 heavy (non-hydrogen) atoms. The lowest BCUT2D eigenvalue weighted by atomic mass is 10.00. The van der Waals surface area contributed by atoms with Gasteiger partial charge in [-0.1, -0.05) is 23.7 Å². The number of halogens is 3. The van der Waals surface area contributed by atoms with E-state index in [0.29, 0.717) is 13.2 Å². The molecule has 0 radical (unpaired) electrons. The second-order valence-electron chi connectivity index (χ2n) is 5.32. The smallest absolute Gasteiger partial charge is 0.132 e. The summed E-state index contributed by atoms with van der Waals surface area (Å²) in [6, 6.07) is 8.02. The zero-order chi connectivity index (χ0) is 13.2. The van der Waals surface area contributed by atoms with E-state index in [9.17, 15) is 4.39 Å². The van der Waals surface area contributed by atoms with Crippen molar-refractivity contribution in [2.75, 3.05) is 13.2 Å². The molecular weight excluding hydrogens is 288 g/mol. The van der Waals surface area contributed by atoms with Gasteiger partial charge in [-0.3, -0.25) is 0 Å². The van der Waals surface area contributed by atoms with Gasteiger partial charge in [0.15, 0.2) is 0 Å². The number of hydrogen-bond donors (Lipinski definition) is 1. The monoisotopic (exact) mass is 307 g/mol. The van der Waals surface area contributed by atoms with Crippen LogP contribution in [0.2, 0.25) is 5.02 Å². The van der Waals surface area contributed by atoms with Crippen molar-refractivity contribution in [2.24, 2.45) is 0 Å². The molecular formula is C14H20Cl2FNO. The first-order valence-corrected chi connectivity index (χ1v) is 6.61. The highest BCUT2D eigenvalue weighted by Gasteiger charge is 2.33. The van der Waals surface area contributed by atoms with E-state index in [0.717, 1.165) is 11.4 Å². The molecule has 108 valence electrons. The van der Waals surface area contributed by atoms with Gasteiger partial charge in [-0.25, -0.2) is 4.39 Å². The van der Waals surface area contributed by atoms with E-state index in [1.165, 1.54) is 5.56 Å². The average Bonchev–Trinajstić information content (AvgIpc) is 2.32. The second-order valence-corrected chi connectivity index (χ2v) is 5.76. The van der Waals surface area contributed by atoms with Gasteiger partial charge in [0.05, 0.1) is 6.61 Å². The van der Waals surface area contributed by atoms with Crippen molar-refractivity contribution in [1.82, 2.24) is 5.32 Å². The quantitative estimate of drug-likeness (QED) is 0.924. The van der Waals surface area contributed by atoms with Crippen molar-refractivity contribution in [2.45, 2.75) is 38.1 Å². The fourth-order valence-electron chi connectivity index (χ4n) is 2.10. The van der Waals surface area contributed by atoms with Crippen LogP contribution in [0.15, 0.2) is 24.3 Å². The van der Waals surface area contributed by atoms with Crippen LogP contribution in [0, 0.1) is 0 Å². The summed E-state index contributed by atoms with van der Waals surface area (Å²) in [5.74, 6) is 0. The van der Waals surface area contributed by atoms with Crippen molar-refractivity contribution < 1.29 is 9.13 Å². The van der Waals surface area contributed by atoms with Crippen LogP contribution in [0.4, 0.5) is 4.39 Å². The van der Waals surface area contributed by atoms with Crippen molar-refractivity contribution in [1.29, 1.82) is 0 Å². The topological polar surface area (TPSA) is 21.3 Å². The molecule has 1 aliphatic rings. The summed E-state index contributed by atoms with van der Waals surface area (Å²) >= 11 is 5.84. The molecule has 0 spiro atoms. The largest absolute Gasteiger partial charge is 0.372 e. The molecule has 5 heteroatoms. The van der Waals surface area contributed by atoms with Crippen LogP contribution >= 0.6 is 24.0 Å². The van der Waals surface area contributed by atoms with Crippen molar-refractivity contribution in [3.8, 4) is 0 Å². The molecule has 2 atom stereocenters. The Kier molecular flexibility index (Phi) is 6.06. The number of benzene rings is 1. The van der Waals surface area contributed by atoms with Crippen LogP contribution in [-0.4, -0.2) is 31.0 Å². The fourth-order valence-corrected chi connectivity index (χ4v) is 2.23. The summed E-state index contributed by atoms with van der Waals surface area (Å²) in [6.45, 7) is 4.21. The average molecular weight is 308 g/mol. The summed E-state index contributed by atoms with van der Waals surface area (Å²) < 4.78 is 19.3. The Morgan fingerprint density at radius 2 is 2.00 bits per heavy atom. The molecule has 0 amide bonds. The summed E-state index contributed by atoms with van der Waals surface area (Å²) in [4.78, 5) is 0. The minimum atomic E-state index is -1.29. The van der Waals surface area contributed by atoms with E-state index in [2.05, 4.69) is 5.32 Å². The fraction of sp³-hybridized carbons (Fsp3) is 0.571. The normalized spacial score (nSPS) is 23.8. The number of hydrogen-bond acceptors (Lipinski definition) is 2. The van der Waals surface area contributed by atoms with E-state index in [-0.39, 0.29) is 24.6 Å². The van der Waals surface area contributed by atoms with Crippen LogP contribution in [-0.2, 0) is 11.2 Å². The Labute approximate surface area is 125 Å². The molecule has 1 heterocycles. The minimum Gasteiger partial charge on any atom is -0.372 e. The molecule has 0 aliphatic carbocycles. The lowest BCUT2D eigenvalue weighted by molar-refractivity contribution is -0.0727. The standard InChI is InChI=1S/C14H19ClFNO.ClH/c1-14(2,16)13-8-17-12(9-18-13)7-10-3-5-11(15)6-4-10;/h3-6,12-13,17H,7-9H2,1-2H3;1H/t12-,13+;/m0./s1. The van der Waals surface area contributed by atoms with Gasteiger partial charge < -0.3 is 10.1 Å². The molecule has 0 saturated carbocycles. The van der Waals surface area contributed by atoms with Crippen molar-refractivity contribution in [3.05, 3.63) is 34.9 Å². The third-order valence-electron chi connectivity index (χ3n) is 3.25. The molecule has 1 aromatic rings. The van der Waals surface area contributed by atoms with Crippen molar-refractivity contribution in [3.63, 3.8) is 0 Å².